The molecule has 0 fully saturated rings. The second kappa shape index (κ2) is 6.17. The fourth-order valence-electron chi connectivity index (χ4n) is 2.44. The Kier molecular flexibility index (Phi) is 4.20. The van der Waals surface area contributed by atoms with E-state index in [0.717, 1.165) is 12.1 Å². The van der Waals surface area contributed by atoms with Crippen LogP contribution in [0.5, 0.6) is 0 Å². The first kappa shape index (κ1) is 16.3. The fraction of sp³-hybridized carbons (Fsp3) is 0.0556. The maximum Gasteiger partial charge on any atom is 0.416 e. The number of alkyl halides is 3. The van der Waals surface area contributed by atoms with E-state index < -0.39 is 17.6 Å². The van der Waals surface area contributed by atoms with E-state index in [0.29, 0.717) is 21.4 Å². The van der Waals surface area contributed by atoms with E-state index in [1.165, 1.54) is 12.1 Å². The fourth-order valence-corrected chi connectivity index (χ4v) is 2.68. The summed E-state index contributed by atoms with van der Waals surface area (Å²) in [5.74, 6) is -0.498. The number of carbonyl (C=O) groups is 1. The van der Waals surface area contributed by atoms with Gasteiger partial charge in [0.05, 0.1) is 5.56 Å². The number of carbonyl (C=O) groups excluding carboxylic acids is 1. The van der Waals surface area contributed by atoms with Gasteiger partial charge in [-0.05, 0) is 35.7 Å². The number of hydrogen-bond donors (Lipinski definition) is 1. The van der Waals surface area contributed by atoms with Crippen molar-refractivity contribution < 1.29 is 18.0 Å². The molecule has 24 heavy (non-hydrogen) atoms. The summed E-state index contributed by atoms with van der Waals surface area (Å²) < 4.78 is 38.3. The van der Waals surface area contributed by atoms with E-state index in [1.54, 1.807) is 36.4 Å². The number of nitrogens with one attached hydrogen (secondary N) is 1. The standard InChI is InChI=1S/C18H11ClF3NO/c19-16-9-3-6-13-14(16)7-2-8-15(13)17(24)23-12-5-1-4-11(10-12)18(20,21)22/h1-10H,(H,23,24). The van der Waals surface area contributed by atoms with Gasteiger partial charge in [-0.25, -0.2) is 0 Å². The molecule has 0 heterocycles. The van der Waals surface area contributed by atoms with E-state index in [9.17, 15) is 18.0 Å². The molecule has 0 bridgehead atoms. The largest absolute Gasteiger partial charge is 0.416 e. The molecule has 3 rings (SSSR count). The molecular formula is C18H11ClF3NO. The summed E-state index contributed by atoms with van der Waals surface area (Å²) in [5.41, 5.74) is -0.400. The minimum Gasteiger partial charge on any atom is -0.322 e. The van der Waals surface area contributed by atoms with Crippen LogP contribution in [0, 0.1) is 0 Å². The molecule has 0 radical (unpaired) electrons. The van der Waals surface area contributed by atoms with Crippen LogP contribution in [0.1, 0.15) is 15.9 Å². The molecule has 6 heteroatoms. The van der Waals surface area contributed by atoms with Crippen molar-refractivity contribution in [3.8, 4) is 0 Å². The van der Waals surface area contributed by atoms with Crippen molar-refractivity contribution in [3.63, 3.8) is 0 Å². The Balaban J connectivity index is 1.96. The molecular weight excluding hydrogens is 339 g/mol. The van der Waals surface area contributed by atoms with Gasteiger partial charge in [0.15, 0.2) is 0 Å². The molecule has 0 spiro atoms. The molecule has 3 aromatic rings. The van der Waals surface area contributed by atoms with E-state index in [-0.39, 0.29) is 5.69 Å². The Morgan fingerprint density at radius 3 is 2.33 bits per heavy atom. The van der Waals surface area contributed by atoms with Crippen molar-refractivity contribution >= 4 is 34.0 Å². The van der Waals surface area contributed by atoms with Crippen molar-refractivity contribution in [2.24, 2.45) is 0 Å². The Morgan fingerprint density at radius 2 is 1.58 bits per heavy atom. The van der Waals surface area contributed by atoms with Gasteiger partial charge in [0.25, 0.3) is 5.91 Å². The van der Waals surface area contributed by atoms with E-state index in [2.05, 4.69) is 5.32 Å². The third-order valence-corrected chi connectivity index (χ3v) is 3.89. The molecule has 1 N–H and O–H groups in total. The Hall–Kier alpha value is -2.53. The lowest BCUT2D eigenvalue weighted by Gasteiger charge is -2.11. The molecule has 0 atom stereocenters. The monoisotopic (exact) mass is 349 g/mol. The third-order valence-electron chi connectivity index (χ3n) is 3.56. The molecule has 0 aliphatic carbocycles. The first-order chi connectivity index (χ1) is 11.4. The van der Waals surface area contributed by atoms with Gasteiger partial charge in [0.2, 0.25) is 0 Å². The van der Waals surface area contributed by atoms with Crippen LogP contribution in [0.4, 0.5) is 18.9 Å². The normalized spacial score (nSPS) is 11.5. The maximum atomic E-state index is 12.8. The van der Waals surface area contributed by atoms with Crippen LogP contribution in [0.15, 0.2) is 60.7 Å². The van der Waals surface area contributed by atoms with Crippen LogP contribution in [-0.4, -0.2) is 5.91 Å². The first-order valence-corrected chi connectivity index (χ1v) is 7.40. The lowest BCUT2D eigenvalue weighted by atomic mass is 10.0. The predicted molar refractivity (Wildman–Crippen MR) is 88.4 cm³/mol. The van der Waals surface area contributed by atoms with Crippen LogP contribution in [0.2, 0.25) is 5.02 Å². The lowest BCUT2D eigenvalue weighted by molar-refractivity contribution is -0.137. The predicted octanol–water partition coefficient (Wildman–Crippen LogP) is 5.76. The van der Waals surface area contributed by atoms with Crippen molar-refractivity contribution in [3.05, 3.63) is 76.8 Å². The number of benzene rings is 3. The van der Waals surface area contributed by atoms with E-state index >= 15 is 0 Å². The number of hydrogen-bond acceptors (Lipinski definition) is 1. The molecule has 1 amide bonds. The van der Waals surface area contributed by atoms with Gasteiger partial charge in [-0.15, -0.1) is 0 Å². The summed E-state index contributed by atoms with van der Waals surface area (Å²) in [6.45, 7) is 0. The first-order valence-electron chi connectivity index (χ1n) is 7.02. The summed E-state index contributed by atoms with van der Waals surface area (Å²) in [4.78, 5) is 12.5. The summed E-state index contributed by atoms with van der Waals surface area (Å²) in [6.07, 6.45) is -4.46. The zero-order valence-electron chi connectivity index (χ0n) is 12.2. The van der Waals surface area contributed by atoms with Gasteiger partial charge >= 0.3 is 6.18 Å². The Labute approximate surface area is 140 Å². The van der Waals surface area contributed by atoms with Crippen LogP contribution in [0.3, 0.4) is 0 Å². The summed E-state index contributed by atoms with van der Waals surface area (Å²) in [6, 6.07) is 14.7. The van der Waals surface area contributed by atoms with Crippen LogP contribution in [-0.2, 0) is 6.18 Å². The zero-order valence-corrected chi connectivity index (χ0v) is 12.9. The average molecular weight is 350 g/mol. The molecule has 0 saturated heterocycles. The van der Waals surface area contributed by atoms with E-state index in [4.69, 9.17) is 11.6 Å². The van der Waals surface area contributed by atoms with Crippen molar-refractivity contribution in [1.29, 1.82) is 0 Å². The number of rotatable bonds is 2. The molecule has 0 unspecified atom stereocenters. The van der Waals surface area contributed by atoms with Crippen LogP contribution >= 0.6 is 11.6 Å². The molecule has 122 valence electrons. The molecule has 0 saturated carbocycles. The van der Waals surface area contributed by atoms with Gasteiger partial charge in [0, 0.05) is 21.7 Å². The SMILES string of the molecule is O=C(Nc1cccc(C(F)(F)F)c1)c1cccc2c(Cl)cccc12. The Bertz CT molecular complexity index is 922. The van der Waals surface area contributed by atoms with Crippen LogP contribution in [0.25, 0.3) is 10.8 Å². The summed E-state index contributed by atoms with van der Waals surface area (Å²) in [5, 5.41) is 4.34. The average Bonchev–Trinajstić information content (AvgIpc) is 2.54. The third kappa shape index (κ3) is 3.21. The molecule has 2 nitrogen and oxygen atoms in total. The Morgan fingerprint density at radius 1 is 0.917 bits per heavy atom. The van der Waals surface area contributed by atoms with Crippen molar-refractivity contribution in [2.45, 2.75) is 6.18 Å². The number of fused-ring (bicyclic) bond motifs is 1. The molecule has 3 aromatic carbocycles. The minimum absolute atomic E-state index is 0.0776. The van der Waals surface area contributed by atoms with Gasteiger partial charge < -0.3 is 5.32 Å². The second-order valence-corrected chi connectivity index (χ2v) is 5.58. The minimum atomic E-state index is -4.46. The highest BCUT2D eigenvalue weighted by molar-refractivity contribution is 6.36. The number of amides is 1. The molecule has 0 aliphatic rings. The topological polar surface area (TPSA) is 29.1 Å². The highest BCUT2D eigenvalue weighted by atomic mass is 35.5. The highest BCUT2D eigenvalue weighted by Gasteiger charge is 2.30. The number of anilines is 1. The smallest absolute Gasteiger partial charge is 0.322 e. The van der Waals surface area contributed by atoms with Gasteiger partial charge in [0.1, 0.15) is 0 Å². The second-order valence-electron chi connectivity index (χ2n) is 5.17. The van der Waals surface area contributed by atoms with Gasteiger partial charge in [-0.3, -0.25) is 4.79 Å². The van der Waals surface area contributed by atoms with Crippen molar-refractivity contribution in [1.82, 2.24) is 0 Å². The summed E-state index contributed by atoms with van der Waals surface area (Å²) in [7, 11) is 0. The maximum absolute atomic E-state index is 12.8. The van der Waals surface area contributed by atoms with E-state index in [1.807, 2.05) is 0 Å². The lowest BCUT2D eigenvalue weighted by Crippen LogP contribution is -2.13. The number of halogens is 4. The summed E-state index contributed by atoms with van der Waals surface area (Å²) >= 11 is 6.11. The zero-order chi connectivity index (χ0) is 17.3. The van der Waals surface area contributed by atoms with Crippen molar-refractivity contribution in [2.75, 3.05) is 5.32 Å². The quantitative estimate of drug-likeness (QED) is 0.625. The highest BCUT2D eigenvalue weighted by Crippen LogP contribution is 2.31. The van der Waals surface area contributed by atoms with Gasteiger partial charge in [-0.2, -0.15) is 13.2 Å². The van der Waals surface area contributed by atoms with Gasteiger partial charge in [-0.1, -0.05) is 41.9 Å². The van der Waals surface area contributed by atoms with Crippen LogP contribution < -0.4 is 5.32 Å². The molecule has 0 aromatic heterocycles. The molecule has 0 aliphatic heterocycles.